The van der Waals surface area contributed by atoms with E-state index in [4.69, 9.17) is 16.1 Å². The smallest absolute Gasteiger partial charge is 0.257 e. The molecule has 0 bridgehead atoms. The molecular weight excluding hydrogens is 264 g/mol. The second-order valence-corrected chi connectivity index (χ2v) is 4.66. The summed E-state index contributed by atoms with van der Waals surface area (Å²) in [6.07, 6.45) is 0.668. The van der Waals surface area contributed by atoms with Crippen molar-refractivity contribution < 1.29 is 9.32 Å². The van der Waals surface area contributed by atoms with E-state index >= 15 is 0 Å². The summed E-state index contributed by atoms with van der Waals surface area (Å²) in [5, 5.41) is 7.40. The van der Waals surface area contributed by atoms with Gasteiger partial charge in [0.1, 0.15) is 11.3 Å². The van der Waals surface area contributed by atoms with Gasteiger partial charge in [0.05, 0.1) is 5.69 Å². The molecule has 0 aliphatic heterocycles. The van der Waals surface area contributed by atoms with Crippen molar-refractivity contribution in [2.24, 2.45) is 0 Å². The number of carbonyl (C=O) groups is 1. The maximum absolute atomic E-state index is 12.1. The Hall–Kier alpha value is -1.81. The predicted molar refractivity (Wildman–Crippen MR) is 73.2 cm³/mol. The lowest BCUT2D eigenvalue weighted by atomic mass is 10.1. The van der Waals surface area contributed by atoms with Crippen molar-refractivity contribution in [3.63, 3.8) is 0 Å². The fourth-order valence-electron chi connectivity index (χ4n) is 1.82. The normalized spacial score (nSPS) is 10.5. The Labute approximate surface area is 116 Å². The van der Waals surface area contributed by atoms with Crippen LogP contribution in [0, 0.1) is 6.92 Å². The molecule has 0 fully saturated rings. The van der Waals surface area contributed by atoms with Crippen LogP contribution in [0.1, 0.15) is 34.3 Å². The number of aryl methyl sites for hydroxylation is 2. The number of hydrogen-bond donors (Lipinski definition) is 1. The van der Waals surface area contributed by atoms with Gasteiger partial charge in [-0.25, -0.2) is 0 Å². The lowest BCUT2D eigenvalue weighted by Crippen LogP contribution is -2.24. The van der Waals surface area contributed by atoms with Crippen LogP contribution in [-0.4, -0.2) is 11.1 Å². The third-order valence-corrected chi connectivity index (χ3v) is 3.11. The molecule has 1 aromatic carbocycles. The van der Waals surface area contributed by atoms with E-state index in [0.717, 1.165) is 5.56 Å². The first-order chi connectivity index (χ1) is 9.11. The summed E-state index contributed by atoms with van der Waals surface area (Å²) in [5.74, 6) is 0.385. The lowest BCUT2D eigenvalue weighted by Gasteiger charge is -2.05. The minimum Gasteiger partial charge on any atom is -0.361 e. The van der Waals surface area contributed by atoms with Gasteiger partial charge in [-0.1, -0.05) is 35.8 Å². The zero-order valence-electron chi connectivity index (χ0n) is 10.9. The summed E-state index contributed by atoms with van der Waals surface area (Å²) in [4.78, 5) is 12.1. The van der Waals surface area contributed by atoms with Crippen molar-refractivity contribution in [1.29, 1.82) is 0 Å². The number of halogens is 1. The Balaban J connectivity index is 2.05. The van der Waals surface area contributed by atoms with Gasteiger partial charge in [0.25, 0.3) is 5.91 Å². The quantitative estimate of drug-likeness (QED) is 0.935. The maximum Gasteiger partial charge on any atom is 0.257 e. The van der Waals surface area contributed by atoms with Gasteiger partial charge in [0.2, 0.25) is 0 Å². The highest BCUT2D eigenvalue weighted by atomic mass is 35.5. The molecule has 1 N–H and O–H groups in total. The van der Waals surface area contributed by atoms with Crippen molar-refractivity contribution in [3.8, 4) is 0 Å². The average molecular weight is 279 g/mol. The lowest BCUT2D eigenvalue weighted by molar-refractivity contribution is 0.0948. The van der Waals surface area contributed by atoms with Gasteiger partial charge in [-0.2, -0.15) is 0 Å². The summed E-state index contributed by atoms with van der Waals surface area (Å²) in [7, 11) is 0. The zero-order chi connectivity index (χ0) is 13.8. The maximum atomic E-state index is 12.1. The molecule has 2 rings (SSSR count). The molecule has 5 heteroatoms. The van der Waals surface area contributed by atoms with Gasteiger partial charge in [0, 0.05) is 11.6 Å². The molecule has 0 spiro atoms. The monoisotopic (exact) mass is 278 g/mol. The van der Waals surface area contributed by atoms with Gasteiger partial charge < -0.3 is 9.84 Å². The van der Waals surface area contributed by atoms with Gasteiger partial charge in [-0.3, -0.25) is 4.79 Å². The van der Waals surface area contributed by atoms with E-state index in [-0.39, 0.29) is 5.91 Å². The van der Waals surface area contributed by atoms with Crippen LogP contribution in [0.25, 0.3) is 0 Å². The molecule has 1 heterocycles. The minimum absolute atomic E-state index is 0.162. The Kier molecular flexibility index (Phi) is 4.22. The Bertz CT molecular complexity index is 576. The Morgan fingerprint density at radius 3 is 2.68 bits per heavy atom. The van der Waals surface area contributed by atoms with Crippen LogP contribution in [-0.2, 0) is 13.0 Å². The van der Waals surface area contributed by atoms with E-state index in [1.54, 1.807) is 19.1 Å². The summed E-state index contributed by atoms with van der Waals surface area (Å²) in [6.45, 7) is 4.13. The topological polar surface area (TPSA) is 55.1 Å². The fraction of sp³-hybridized carbons (Fsp3) is 0.286. The van der Waals surface area contributed by atoms with E-state index in [9.17, 15) is 4.79 Å². The number of nitrogens with one attached hydrogen (secondary N) is 1. The van der Waals surface area contributed by atoms with Crippen molar-refractivity contribution in [3.05, 3.63) is 51.9 Å². The Morgan fingerprint density at radius 1 is 1.37 bits per heavy atom. The molecule has 0 aliphatic carbocycles. The van der Waals surface area contributed by atoms with E-state index in [2.05, 4.69) is 10.5 Å². The van der Waals surface area contributed by atoms with Gasteiger partial charge >= 0.3 is 0 Å². The van der Waals surface area contributed by atoms with E-state index in [0.29, 0.717) is 35.0 Å². The molecule has 0 atom stereocenters. The van der Waals surface area contributed by atoms with Crippen LogP contribution in [0.5, 0.6) is 0 Å². The van der Waals surface area contributed by atoms with Crippen molar-refractivity contribution in [1.82, 2.24) is 10.5 Å². The highest BCUT2D eigenvalue weighted by molar-refractivity contribution is 6.30. The van der Waals surface area contributed by atoms with Crippen LogP contribution in [0.3, 0.4) is 0 Å². The second-order valence-electron chi connectivity index (χ2n) is 4.22. The highest BCUT2D eigenvalue weighted by Gasteiger charge is 2.18. The third kappa shape index (κ3) is 3.15. The fourth-order valence-corrected chi connectivity index (χ4v) is 1.95. The number of nitrogens with zero attached hydrogens (tertiary/aromatic N) is 1. The first-order valence-electron chi connectivity index (χ1n) is 6.09. The summed E-state index contributed by atoms with van der Waals surface area (Å²) >= 11 is 5.81. The summed E-state index contributed by atoms with van der Waals surface area (Å²) < 4.78 is 5.05. The molecule has 1 aromatic heterocycles. The average Bonchev–Trinajstić information content (AvgIpc) is 2.79. The van der Waals surface area contributed by atoms with E-state index in [1.807, 2.05) is 19.1 Å². The SMILES string of the molecule is CCc1noc(C)c1C(=O)NCc1ccc(Cl)cc1. The standard InChI is InChI=1S/C14H15ClN2O2/c1-3-12-13(9(2)19-17-12)14(18)16-8-10-4-6-11(15)7-5-10/h4-7H,3,8H2,1-2H3,(H,16,18). The van der Waals surface area contributed by atoms with Crippen LogP contribution in [0.15, 0.2) is 28.8 Å². The van der Waals surface area contributed by atoms with Crippen LogP contribution in [0.2, 0.25) is 5.02 Å². The number of carbonyl (C=O) groups excluding carboxylic acids is 1. The molecule has 0 saturated carbocycles. The van der Waals surface area contributed by atoms with Crippen molar-refractivity contribution >= 4 is 17.5 Å². The number of amides is 1. The van der Waals surface area contributed by atoms with E-state index in [1.165, 1.54) is 0 Å². The molecule has 0 unspecified atom stereocenters. The first kappa shape index (κ1) is 13.6. The highest BCUT2D eigenvalue weighted by Crippen LogP contribution is 2.14. The van der Waals surface area contributed by atoms with Crippen LogP contribution >= 0.6 is 11.6 Å². The molecule has 0 aliphatic rings. The molecule has 100 valence electrons. The summed E-state index contributed by atoms with van der Waals surface area (Å²) in [5.41, 5.74) is 2.22. The van der Waals surface area contributed by atoms with E-state index < -0.39 is 0 Å². The minimum atomic E-state index is -0.162. The predicted octanol–water partition coefficient (Wildman–Crippen LogP) is 3.13. The summed E-state index contributed by atoms with van der Waals surface area (Å²) in [6, 6.07) is 7.35. The molecule has 19 heavy (non-hydrogen) atoms. The molecular formula is C14H15ClN2O2. The Morgan fingerprint density at radius 2 is 2.05 bits per heavy atom. The molecule has 2 aromatic rings. The number of benzene rings is 1. The number of rotatable bonds is 4. The largest absolute Gasteiger partial charge is 0.361 e. The van der Waals surface area contributed by atoms with Gasteiger partial charge in [-0.05, 0) is 31.0 Å². The van der Waals surface area contributed by atoms with Gasteiger partial charge in [-0.15, -0.1) is 0 Å². The number of aromatic nitrogens is 1. The molecule has 4 nitrogen and oxygen atoms in total. The number of hydrogen-bond acceptors (Lipinski definition) is 3. The zero-order valence-corrected chi connectivity index (χ0v) is 11.6. The van der Waals surface area contributed by atoms with Crippen molar-refractivity contribution in [2.75, 3.05) is 0 Å². The second kappa shape index (κ2) is 5.89. The van der Waals surface area contributed by atoms with Crippen LogP contribution in [0.4, 0.5) is 0 Å². The van der Waals surface area contributed by atoms with Crippen LogP contribution < -0.4 is 5.32 Å². The van der Waals surface area contributed by atoms with Gasteiger partial charge in [0.15, 0.2) is 0 Å². The first-order valence-corrected chi connectivity index (χ1v) is 6.47. The third-order valence-electron chi connectivity index (χ3n) is 2.86. The van der Waals surface area contributed by atoms with Crippen molar-refractivity contribution in [2.45, 2.75) is 26.8 Å². The molecule has 1 amide bonds. The molecule has 0 radical (unpaired) electrons. The molecule has 0 saturated heterocycles.